The minimum Gasteiger partial charge on any atom is -0.457 e. The summed E-state index contributed by atoms with van der Waals surface area (Å²) in [5, 5.41) is 10.7. The summed E-state index contributed by atoms with van der Waals surface area (Å²) in [4.78, 5) is 12.8. The molecule has 1 aliphatic carbocycles. The van der Waals surface area contributed by atoms with Crippen molar-refractivity contribution in [2.24, 2.45) is 5.92 Å². The molecule has 1 aromatic heterocycles. The van der Waals surface area contributed by atoms with Crippen molar-refractivity contribution in [3.05, 3.63) is 66.4 Å². The molecule has 0 unspecified atom stereocenters. The van der Waals surface area contributed by atoms with Gasteiger partial charge in [-0.25, -0.2) is 8.42 Å². The van der Waals surface area contributed by atoms with Gasteiger partial charge in [0.1, 0.15) is 16.6 Å². The van der Waals surface area contributed by atoms with E-state index in [9.17, 15) is 18.3 Å². The lowest BCUT2D eigenvalue weighted by Crippen LogP contribution is -2.46. The predicted octanol–water partition coefficient (Wildman–Crippen LogP) is 3.07. The highest BCUT2D eigenvalue weighted by Gasteiger charge is 2.61. The van der Waals surface area contributed by atoms with Gasteiger partial charge in [0.05, 0.1) is 4.90 Å². The molecule has 1 aliphatic rings. The fourth-order valence-corrected chi connectivity index (χ4v) is 6.09. The quantitative estimate of drug-likeness (QED) is 0.766. The molecule has 1 N–H and O–H groups in total. The van der Waals surface area contributed by atoms with E-state index in [4.69, 9.17) is 4.42 Å². The van der Waals surface area contributed by atoms with Gasteiger partial charge >= 0.3 is 0 Å². The first kappa shape index (κ1) is 17.0. The maximum Gasteiger partial charge on any atom is 0.198 e. The van der Waals surface area contributed by atoms with Crippen molar-refractivity contribution in [3.8, 4) is 0 Å². The number of para-hydroxylation sites is 1. The summed E-state index contributed by atoms with van der Waals surface area (Å²) in [6.07, 6.45) is -0.0235. The molecular formula is C20H18O5S. The number of hydrogen-bond acceptors (Lipinski definition) is 5. The third-order valence-corrected chi connectivity index (χ3v) is 7.47. The number of sulfone groups is 1. The molecule has 0 amide bonds. The van der Waals surface area contributed by atoms with Gasteiger partial charge in [0, 0.05) is 11.8 Å². The zero-order valence-electron chi connectivity index (χ0n) is 14.1. The van der Waals surface area contributed by atoms with Crippen LogP contribution in [0.4, 0.5) is 0 Å². The Bertz CT molecular complexity index is 1050. The monoisotopic (exact) mass is 370 g/mol. The Labute approximate surface area is 151 Å². The Morgan fingerprint density at radius 3 is 2.42 bits per heavy atom. The van der Waals surface area contributed by atoms with Gasteiger partial charge in [-0.1, -0.05) is 43.3 Å². The van der Waals surface area contributed by atoms with E-state index in [1.54, 1.807) is 49.4 Å². The fraction of sp³-hybridized carbons (Fsp3) is 0.250. The molecule has 0 saturated heterocycles. The maximum absolute atomic E-state index is 13.2. The summed E-state index contributed by atoms with van der Waals surface area (Å²) < 4.78 is 32.2. The first-order chi connectivity index (χ1) is 12.3. The molecule has 4 rings (SSSR count). The van der Waals surface area contributed by atoms with Crippen LogP contribution in [-0.2, 0) is 20.2 Å². The number of carbonyl (C=O) groups excluding carboxylic acids is 1. The van der Waals surface area contributed by atoms with E-state index in [2.05, 4.69) is 0 Å². The molecule has 26 heavy (non-hydrogen) atoms. The van der Waals surface area contributed by atoms with E-state index in [1.165, 1.54) is 12.1 Å². The molecule has 5 nitrogen and oxygen atoms in total. The van der Waals surface area contributed by atoms with Crippen LogP contribution in [0.15, 0.2) is 70.0 Å². The normalized spacial score (nSPS) is 26.5. The zero-order chi connectivity index (χ0) is 18.5. The molecular weight excluding hydrogens is 352 g/mol. The van der Waals surface area contributed by atoms with Crippen molar-refractivity contribution in [2.45, 2.75) is 29.1 Å². The largest absolute Gasteiger partial charge is 0.457 e. The van der Waals surface area contributed by atoms with Crippen LogP contribution < -0.4 is 0 Å². The molecule has 1 saturated carbocycles. The number of aliphatic hydroxyl groups is 1. The Balaban J connectivity index is 1.91. The van der Waals surface area contributed by atoms with Gasteiger partial charge in [-0.3, -0.25) is 4.79 Å². The van der Waals surface area contributed by atoms with Crippen LogP contribution in [0.5, 0.6) is 0 Å². The molecule has 2 aromatic carbocycles. The standard InChI is InChI=1S/C20H18O5S/c1-13-11-17(21)20(22,18-12-14-7-5-6-10-16(14)25-18)19(13)26(23,24)15-8-3-2-4-9-15/h2-10,12-13,19,22H,11H2,1H3/t13-,19+,20+/m1/s1. The predicted molar refractivity (Wildman–Crippen MR) is 96.3 cm³/mol. The lowest BCUT2D eigenvalue weighted by Gasteiger charge is -2.28. The number of carbonyl (C=O) groups is 1. The summed E-state index contributed by atoms with van der Waals surface area (Å²) in [6, 6.07) is 16.5. The van der Waals surface area contributed by atoms with Crippen molar-refractivity contribution >= 4 is 26.6 Å². The number of benzene rings is 2. The minimum atomic E-state index is -3.94. The van der Waals surface area contributed by atoms with Crippen LogP contribution in [0.1, 0.15) is 19.1 Å². The number of ketones is 1. The number of Topliss-reactive ketones (excluding diaryl/α,β-unsaturated/α-hetero) is 1. The van der Waals surface area contributed by atoms with Gasteiger partial charge in [-0.05, 0) is 30.2 Å². The van der Waals surface area contributed by atoms with Crippen LogP contribution in [-0.4, -0.2) is 24.6 Å². The molecule has 3 aromatic rings. The fourth-order valence-electron chi connectivity index (χ4n) is 3.86. The van der Waals surface area contributed by atoms with Crippen molar-refractivity contribution in [1.82, 2.24) is 0 Å². The smallest absolute Gasteiger partial charge is 0.198 e. The Morgan fingerprint density at radius 2 is 1.73 bits per heavy atom. The lowest BCUT2D eigenvalue weighted by atomic mass is 9.96. The van der Waals surface area contributed by atoms with E-state index < -0.39 is 32.4 Å². The molecule has 0 aliphatic heterocycles. The Hall–Kier alpha value is -2.44. The second-order valence-electron chi connectivity index (χ2n) is 6.80. The lowest BCUT2D eigenvalue weighted by molar-refractivity contribution is -0.135. The van der Waals surface area contributed by atoms with Gasteiger partial charge in [0.25, 0.3) is 0 Å². The van der Waals surface area contributed by atoms with Crippen molar-refractivity contribution in [1.29, 1.82) is 0 Å². The van der Waals surface area contributed by atoms with Gasteiger partial charge in [0.15, 0.2) is 21.2 Å². The molecule has 1 heterocycles. The summed E-state index contributed by atoms with van der Waals surface area (Å²) in [6.45, 7) is 1.67. The summed E-state index contributed by atoms with van der Waals surface area (Å²) >= 11 is 0. The van der Waals surface area contributed by atoms with E-state index in [1.807, 2.05) is 6.07 Å². The highest BCUT2D eigenvalue weighted by atomic mass is 32.2. The summed E-state index contributed by atoms with van der Waals surface area (Å²) in [5.74, 6) is -1.09. The van der Waals surface area contributed by atoms with Gasteiger partial charge in [-0.15, -0.1) is 0 Å². The molecule has 134 valence electrons. The van der Waals surface area contributed by atoms with Gasteiger partial charge in [-0.2, -0.15) is 0 Å². The molecule has 0 radical (unpaired) electrons. The highest BCUT2D eigenvalue weighted by molar-refractivity contribution is 7.92. The first-order valence-corrected chi connectivity index (χ1v) is 9.93. The van der Waals surface area contributed by atoms with Crippen LogP contribution in [0.3, 0.4) is 0 Å². The third-order valence-electron chi connectivity index (χ3n) is 5.07. The average Bonchev–Trinajstić information content (AvgIpc) is 3.16. The van der Waals surface area contributed by atoms with Crippen LogP contribution in [0.2, 0.25) is 0 Å². The van der Waals surface area contributed by atoms with E-state index in [0.29, 0.717) is 11.0 Å². The minimum absolute atomic E-state index is 0.0162. The second-order valence-corrected chi connectivity index (χ2v) is 8.87. The Kier molecular flexibility index (Phi) is 3.78. The number of fused-ring (bicyclic) bond motifs is 1. The van der Waals surface area contributed by atoms with Gasteiger partial charge < -0.3 is 9.52 Å². The van der Waals surface area contributed by atoms with Crippen molar-refractivity contribution < 1.29 is 22.7 Å². The molecule has 1 fully saturated rings. The highest BCUT2D eigenvalue weighted by Crippen LogP contribution is 2.46. The van der Waals surface area contributed by atoms with Gasteiger partial charge in [0.2, 0.25) is 0 Å². The summed E-state index contributed by atoms with van der Waals surface area (Å²) in [5.41, 5.74) is -1.70. The van der Waals surface area contributed by atoms with E-state index >= 15 is 0 Å². The first-order valence-electron chi connectivity index (χ1n) is 8.39. The topological polar surface area (TPSA) is 84.6 Å². The number of furan rings is 1. The van der Waals surface area contributed by atoms with Crippen molar-refractivity contribution in [3.63, 3.8) is 0 Å². The number of rotatable bonds is 3. The van der Waals surface area contributed by atoms with Crippen molar-refractivity contribution in [2.75, 3.05) is 0 Å². The Morgan fingerprint density at radius 1 is 1.08 bits per heavy atom. The molecule has 0 spiro atoms. The van der Waals surface area contributed by atoms with Crippen LogP contribution in [0.25, 0.3) is 11.0 Å². The van der Waals surface area contributed by atoms with E-state index in [0.717, 1.165) is 0 Å². The molecule has 6 heteroatoms. The molecule has 3 atom stereocenters. The SMILES string of the molecule is C[C@@H]1CC(=O)[C@](O)(c2cc3ccccc3o2)[C@H]1S(=O)(=O)c1ccccc1. The van der Waals surface area contributed by atoms with Crippen LogP contribution >= 0.6 is 0 Å². The average molecular weight is 370 g/mol. The molecule has 0 bridgehead atoms. The zero-order valence-corrected chi connectivity index (χ0v) is 14.9. The third kappa shape index (κ3) is 2.33. The van der Waals surface area contributed by atoms with Crippen LogP contribution in [0, 0.1) is 5.92 Å². The second kappa shape index (κ2) is 5.79. The number of hydrogen-bond donors (Lipinski definition) is 1. The summed E-state index contributed by atoms with van der Waals surface area (Å²) in [7, 11) is -3.94. The van der Waals surface area contributed by atoms with E-state index in [-0.39, 0.29) is 17.1 Å². The maximum atomic E-state index is 13.2.